The summed E-state index contributed by atoms with van der Waals surface area (Å²) in [6.07, 6.45) is -12.5. The summed E-state index contributed by atoms with van der Waals surface area (Å²) in [5.41, 5.74) is 0. The SMILES string of the molecule is CCN(Cl)S(=O)(=O)C(F)(F)C(F)(F)OC(F)(F)C(F)(F)I. The molecule has 0 heterocycles. The number of ether oxygens (including phenoxy) is 1. The molecule has 0 saturated carbocycles. The zero-order valence-electron chi connectivity index (χ0n) is 9.57. The number of hydrogen-bond donors (Lipinski definition) is 0. The van der Waals surface area contributed by atoms with Gasteiger partial charge in [-0.1, -0.05) is 0 Å². The second-order valence-electron chi connectivity index (χ2n) is 3.26. The second kappa shape index (κ2) is 6.09. The summed E-state index contributed by atoms with van der Waals surface area (Å²) in [5, 5.41) is -6.32. The lowest BCUT2D eigenvalue weighted by atomic mass is 10.6. The van der Waals surface area contributed by atoms with Gasteiger partial charge in [-0.3, -0.25) is 0 Å². The molecule has 0 aromatic rings. The fourth-order valence-corrected chi connectivity index (χ4v) is 2.02. The van der Waals surface area contributed by atoms with E-state index in [-0.39, 0.29) is 22.6 Å². The van der Waals surface area contributed by atoms with Gasteiger partial charge < -0.3 is 0 Å². The van der Waals surface area contributed by atoms with Crippen molar-refractivity contribution in [1.82, 2.24) is 3.82 Å². The van der Waals surface area contributed by atoms with Crippen LogP contribution in [0, 0.1) is 0 Å². The highest BCUT2D eigenvalue weighted by molar-refractivity contribution is 14.1. The number of alkyl halides is 9. The van der Waals surface area contributed by atoms with Crippen molar-refractivity contribution in [2.24, 2.45) is 0 Å². The highest BCUT2D eigenvalue weighted by atomic mass is 127. The van der Waals surface area contributed by atoms with Gasteiger partial charge in [0.2, 0.25) is 0 Å². The first-order valence-electron chi connectivity index (χ1n) is 4.52. The maximum absolute atomic E-state index is 13.2. The fraction of sp³-hybridized carbons (Fsp3) is 1.00. The first-order chi connectivity index (χ1) is 8.94. The van der Waals surface area contributed by atoms with Gasteiger partial charge in [-0.15, -0.1) is 3.82 Å². The van der Waals surface area contributed by atoms with Crippen LogP contribution in [0.2, 0.25) is 0 Å². The summed E-state index contributed by atoms with van der Waals surface area (Å²) in [5.74, 6) is 0. The Hall–Kier alpha value is 0.330. The molecule has 128 valence electrons. The lowest BCUT2D eigenvalue weighted by Crippen LogP contribution is -2.56. The number of sulfonamides is 1. The van der Waals surface area contributed by atoms with Crippen molar-refractivity contribution in [2.75, 3.05) is 6.54 Å². The van der Waals surface area contributed by atoms with Crippen LogP contribution in [0.15, 0.2) is 0 Å². The van der Waals surface area contributed by atoms with Crippen molar-refractivity contribution < 1.29 is 48.3 Å². The van der Waals surface area contributed by atoms with Crippen LogP contribution in [-0.2, 0) is 14.8 Å². The van der Waals surface area contributed by atoms with E-state index in [1.165, 1.54) is 0 Å². The van der Waals surface area contributed by atoms with Crippen molar-refractivity contribution >= 4 is 44.4 Å². The molecule has 4 nitrogen and oxygen atoms in total. The largest absolute Gasteiger partial charge is 0.450 e. The van der Waals surface area contributed by atoms with Crippen molar-refractivity contribution in [3.63, 3.8) is 0 Å². The Morgan fingerprint density at radius 3 is 1.71 bits per heavy atom. The normalized spacial score (nSPS) is 15.6. The Labute approximate surface area is 131 Å². The molecule has 0 spiro atoms. The Morgan fingerprint density at radius 1 is 1.05 bits per heavy atom. The molecule has 0 rings (SSSR count). The molecule has 0 fully saturated rings. The molecule has 15 heteroatoms. The summed E-state index contributed by atoms with van der Waals surface area (Å²) >= 11 is 4.40. The third kappa shape index (κ3) is 4.00. The molecule has 0 N–H and O–H groups in total. The number of hydrogen-bond acceptors (Lipinski definition) is 3. The molecule has 21 heavy (non-hydrogen) atoms. The molecule has 0 unspecified atom stereocenters. The third-order valence-corrected chi connectivity index (χ3v) is 4.84. The topological polar surface area (TPSA) is 46.6 Å². The first kappa shape index (κ1) is 21.3. The molecule has 0 radical (unpaired) electrons. The van der Waals surface area contributed by atoms with E-state index >= 15 is 0 Å². The van der Waals surface area contributed by atoms with E-state index < -0.39 is 41.8 Å². The van der Waals surface area contributed by atoms with Crippen LogP contribution < -0.4 is 0 Å². The molecule has 0 saturated heterocycles. The Bertz CT molecular complexity index is 481. The maximum Gasteiger partial charge on any atom is 0.450 e. The molecule has 0 bridgehead atoms. The van der Waals surface area contributed by atoms with E-state index in [1.807, 2.05) is 0 Å². The molecule has 0 atom stereocenters. The predicted octanol–water partition coefficient (Wildman–Crippen LogP) is 3.61. The Kier molecular flexibility index (Phi) is 6.18. The molecular formula is C6H5ClF8INO3S. The van der Waals surface area contributed by atoms with E-state index in [2.05, 4.69) is 4.74 Å². The van der Waals surface area contributed by atoms with Crippen LogP contribution in [-0.4, -0.2) is 40.2 Å². The molecular weight excluding hydrogens is 480 g/mol. The van der Waals surface area contributed by atoms with Gasteiger partial charge in [-0.25, -0.2) is 13.2 Å². The molecule has 0 amide bonds. The first-order valence-corrected chi connectivity index (χ1v) is 7.38. The van der Waals surface area contributed by atoms with Crippen molar-refractivity contribution in [3.05, 3.63) is 0 Å². The van der Waals surface area contributed by atoms with E-state index in [1.54, 1.807) is 0 Å². The van der Waals surface area contributed by atoms with Gasteiger partial charge in [-0.2, -0.15) is 35.1 Å². The number of rotatable bonds is 7. The van der Waals surface area contributed by atoms with Gasteiger partial charge in [0.1, 0.15) is 0 Å². The second-order valence-corrected chi connectivity index (χ2v) is 7.13. The van der Waals surface area contributed by atoms with E-state index in [4.69, 9.17) is 11.8 Å². The molecule has 0 aliphatic rings. The average molecular weight is 486 g/mol. The average Bonchev–Trinajstić information content (AvgIpc) is 2.24. The summed E-state index contributed by atoms with van der Waals surface area (Å²) in [7, 11) is -6.35. The Morgan fingerprint density at radius 2 is 1.43 bits per heavy atom. The standard InChI is InChI=1S/C6H5ClF8INO3S/c1-2-17(7)21(18,19)6(14,15)5(12,13)20-4(10,11)3(8,9)16/h2H2,1H3. The van der Waals surface area contributed by atoms with E-state index in [0.717, 1.165) is 6.92 Å². The summed E-state index contributed by atoms with van der Waals surface area (Å²) in [4.78, 5) is 0. The van der Waals surface area contributed by atoms with Crippen molar-refractivity contribution in [3.8, 4) is 0 Å². The predicted molar refractivity (Wildman–Crippen MR) is 62.0 cm³/mol. The van der Waals surface area contributed by atoms with Crippen molar-refractivity contribution in [2.45, 2.75) is 28.3 Å². The minimum absolute atomic E-state index is 0.343. The maximum atomic E-state index is 13.2. The highest BCUT2D eigenvalue weighted by Crippen LogP contribution is 2.49. The lowest BCUT2D eigenvalue weighted by Gasteiger charge is -2.31. The van der Waals surface area contributed by atoms with Gasteiger partial charge in [0.25, 0.3) is 0 Å². The summed E-state index contributed by atoms with van der Waals surface area (Å²) < 4.78 is 120. The van der Waals surface area contributed by atoms with Gasteiger partial charge in [0.05, 0.1) is 0 Å². The van der Waals surface area contributed by atoms with Gasteiger partial charge in [0, 0.05) is 29.1 Å². The minimum atomic E-state index is -6.48. The van der Waals surface area contributed by atoms with Crippen LogP contribution >= 0.6 is 34.4 Å². The highest BCUT2D eigenvalue weighted by Gasteiger charge is 2.74. The van der Waals surface area contributed by atoms with Crippen LogP contribution in [0.1, 0.15) is 6.92 Å². The third-order valence-electron chi connectivity index (χ3n) is 1.76. The van der Waals surface area contributed by atoms with E-state index in [0.29, 0.717) is 0 Å². The quantitative estimate of drug-likeness (QED) is 0.240. The Balaban J connectivity index is 5.71. The summed E-state index contributed by atoms with van der Waals surface area (Å²) in [6.45, 7) is -0.0817. The summed E-state index contributed by atoms with van der Waals surface area (Å²) in [6, 6.07) is 0. The number of nitrogens with zero attached hydrogens (tertiary/aromatic N) is 1. The van der Waals surface area contributed by atoms with Crippen molar-refractivity contribution in [1.29, 1.82) is 0 Å². The number of halogens is 10. The van der Waals surface area contributed by atoms with Gasteiger partial charge in [0.15, 0.2) is 0 Å². The lowest BCUT2D eigenvalue weighted by molar-refractivity contribution is -0.438. The van der Waals surface area contributed by atoms with Gasteiger partial charge in [-0.05, 0) is 18.7 Å². The molecule has 0 aromatic carbocycles. The zero-order chi connectivity index (χ0) is 17.5. The molecule has 0 aromatic heterocycles. The van der Waals surface area contributed by atoms with Gasteiger partial charge >= 0.3 is 31.4 Å². The monoisotopic (exact) mass is 485 g/mol. The van der Waals surface area contributed by atoms with Crippen LogP contribution in [0.25, 0.3) is 0 Å². The fourth-order valence-electron chi connectivity index (χ4n) is 0.723. The van der Waals surface area contributed by atoms with E-state index in [9.17, 15) is 43.5 Å². The van der Waals surface area contributed by atoms with Crippen LogP contribution in [0.3, 0.4) is 0 Å². The van der Waals surface area contributed by atoms with Crippen LogP contribution in [0.4, 0.5) is 35.1 Å². The minimum Gasteiger partial charge on any atom is -0.244 e. The zero-order valence-corrected chi connectivity index (χ0v) is 13.3. The van der Waals surface area contributed by atoms with Crippen LogP contribution in [0.5, 0.6) is 0 Å². The molecule has 0 aliphatic heterocycles. The molecule has 0 aliphatic carbocycles. The smallest absolute Gasteiger partial charge is 0.244 e.